The lowest BCUT2D eigenvalue weighted by atomic mass is 10.3. The number of anilines is 1. The minimum atomic E-state index is -0.0983. The van der Waals surface area contributed by atoms with Crippen LogP contribution in [-0.2, 0) is 4.79 Å². The molecule has 1 saturated heterocycles. The van der Waals surface area contributed by atoms with Crippen molar-refractivity contribution in [3.05, 3.63) is 12.4 Å². The maximum Gasteiger partial charge on any atom is 0.244 e. The highest BCUT2D eigenvalue weighted by molar-refractivity contribution is 7.99. The van der Waals surface area contributed by atoms with Crippen molar-refractivity contribution in [3.8, 4) is 0 Å². The number of hydrogen-bond donors (Lipinski definition) is 3. The molecule has 14 heavy (non-hydrogen) atoms. The zero-order valence-electron chi connectivity index (χ0n) is 7.62. The van der Waals surface area contributed by atoms with Crippen molar-refractivity contribution in [1.29, 1.82) is 0 Å². The average Bonchev–Trinajstić information content (AvgIpc) is 2.72. The van der Waals surface area contributed by atoms with Crippen LogP contribution < -0.4 is 10.6 Å². The third-order valence-corrected chi connectivity index (χ3v) is 3.04. The van der Waals surface area contributed by atoms with Gasteiger partial charge in [0.15, 0.2) is 0 Å². The Morgan fingerprint density at radius 1 is 1.71 bits per heavy atom. The Morgan fingerprint density at radius 2 is 2.64 bits per heavy atom. The number of hydrogen-bond acceptors (Lipinski definition) is 4. The molecule has 1 aliphatic heterocycles. The van der Waals surface area contributed by atoms with Crippen LogP contribution in [0.15, 0.2) is 12.4 Å². The smallest absolute Gasteiger partial charge is 0.244 e. The maximum absolute atomic E-state index is 11.6. The molecule has 6 heteroatoms. The molecular weight excluding hydrogens is 200 g/mol. The first-order valence-corrected chi connectivity index (χ1v) is 5.63. The van der Waals surface area contributed by atoms with E-state index >= 15 is 0 Å². The summed E-state index contributed by atoms with van der Waals surface area (Å²) in [5, 5.41) is 5.87. The van der Waals surface area contributed by atoms with Crippen molar-refractivity contribution < 1.29 is 4.79 Å². The van der Waals surface area contributed by atoms with Gasteiger partial charge in [0.05, 0.1) is 6.04 Å². The van der Waals surface area contributed by atoms with Crippen molar-refractivity contribution in [3.63, 3.8) is 0 Å². The largest absolute Gasteiger partial charge is 0.331 e. The van der Waals surface area contributed by atoms with Gasteiger partial charge in [0.1, 0.15) is 0 Å². The van der Waals surface area contributed by atoms with E-state index in [9.17, 15) is 4.79 Å². The molecule has 1 atom stereocenters. The highest BCUT2D eigenvalue weighted by Crippen LogP contribution is 2.08. The van der Waals surface area contributed by atoms with Crippen LogP contribution in [0.3, 0.4) is 0 Å². The van der Waals surface area contributed by atoms with Gasteiger partial charge < -0.3 is 10.3 Å². The molecule has 1 aliphatic rings. The van der Waals surface area contributed by atoms with Crippen LogP contribution in [0.4, 0.5) is 5.95 Å². The molecule has 0 bridgehead atoms. The molecule has 0 radical (unpaired) electrons. The van der Waals surface area contributed by atoms with E-state index in [2.05, 4.69) is 20.6 Å². The summed E-state index contributed by atoms with van der Waals surface area (Å²) in [5.41, 5.74) is 0. The maximum atomic E-state index is 11.6. The number of carbonyl (C=O) groups is 1. The molecule has 2 rings (SSSR count). The average molecular weight is 212 g/mol. The summed E-state index contributed by atoms with van der Waals surface area (Å²) in [5.74, 6) is 2.39. The Labute approximate surface area is 86.1 Å². The Balaban J connectivity index is 1.88. The van der Waals surface area contributed by atoms with Gasteiger partial charge >= 0.3 is 0 Å². The summed E-state index contributed by atoms with van der Waals surface area (Å²) < 4.78 is 0. The summed E-state index contributed by atoms with van der Waals surface area (Å²) in [6.07, 6.45) is 3.29. The van der Waals surface area contributed by atoms with Gasteiger partial charge in [0.25, 0.3) is 0 Å². The fourth-order valence-electron chi connectivity index (χ4n) is 1.27. The van der Waals surface area contributed by atoms with E-state index in [1.54, 1.807) is 24.2 Å². The molecule has 1 unspecified atom stereocenters. The van der Waals surface area contributed by atoms with Crippen LogP contribution in [0, 0.1) is 0 Å². The standard InChI is InChI=1S/C8H12N4OS/c13-7(6-5-14-4-3-9-6)12-8-10-1-2-11-8/h1-2,6,9H,3-5H2,(H2,10,11,12,13). The van der Waals surface area contributed by atoms with Gasteiger partial charge in [0, 0.05) is 30.4 Å². The number of aromatic amines is 1. The quantitative estimate of drug-likeness (QED) is 0.648. The van der Waals surface area contributed by atoms with E-state index in [1.165, 1.54) is 0 Å². The lowest BCUT2D eigenvalue weighted by Crippen LogP contribution is -2.46. The summed E-state index contributed by atoms with van der Waals surface area (Å²) in [4.78, 5) is 18.4. The van der Waals surface area contributed by atoms with Crippen LogP contribution in [-0.4, -0.2) is 40.0 Å². The van der Waals surface area contributed by atoms with E-state index in [0.29, 0.717) is 5.95 Å². The fourth-order valence-corrected chi connectivity index (χ4v) is 2.21. The lowest BCUT2D eigenvalue weighted by molar-refractivity contribution is -0.117. The Hall–Kier alpha value is -1.01. The predicted octanol–water partition coefficient (Wildman–Crippen LogP) is 0.0532. The molecule has 76 valence electrons. The minimum Gasteiger partial charge on any atom is -0.331 e. The second-order valence-corrected chi connectivity index (χ2v) is 4.16. The van der Waals surface area contributed by atoms with Gasteiger partial charge in [-0.25, -0.2) is 4.98 Å². The fraction of sp³-hybridized carbons (Fsp3) is 0.500. The third-order valence-electron chi connectivity index (χ3n) is 1.98. The minimum absolute atomic E-state index is 0.0212. The van der Waals surface area contributed by atoms with Gasteiger partial charge in [-0.15, -0.1) is 0 Å². The van der Waals surface area contributed by atoms with Crippen LogP contribution >= 0.6 is 11.8 Å². The van der Waals surface area contributed by atoms with E-state index < -0.39 is 0 Å². The predicted molar refractivity (Wildman–Crippen MR) is 56.3 cm³/mol. The Kier molecular flexibility index (Phi) is 3.05. The summed E-state index contributed by atoms with van der Waals surface area (Å²) >= 11 is 1.79. The number of thioether (sulfide) groups is 1. The molecule has 1 aromatic rings. The summed E-state index contributed by atoms with van der Waals surface area (Å²) in [6, 6.07) is -0.0983. The molecule has 1 fully saturated rings. The highest BCUT2D eigenvalue weighted by Gasteiger charge is 2.21. The molecule has 3 N–H and O–H groups in total. The molecule has 0 aliphatic carbocycles. The van der Waals surface area contributed by atoms with Gasteiger partial charge in [-0.05, 0) is 0 Å². The van der Waals surface area contributed by atoms with Crippen molar-refractivity contribution in [2.24, 2.45) is 0 Å². The second-order valence-electron chi connectivity index (χ2n) is 3.01. The molecule has 2 heterocycles. The zero-order chi connectivity index (χ0) is 9.80. The molecule has 5 nitrogen and oxygen atoms in total. The van der Waals surface area contributed by atoms with Crippen LogP contribution in [0.1, 0.15) is 0 Å². The number of rotatable bonds is 2. The van der Waals surface area contributed by atoms with Crippen LogP contribution in [0.2, 0.25) is 0 Å². The topological polar surface area (TPSA) is 69.8 Å². The molecule has 1 aromatic heterocycles. The van der Waals surface area contributed by atoms with Crippen LogP contribution in [0.25, 0.3) is 0 Å². The van der Waals surface area contributed by atoms with Crippen molar-refractivity contribution in [2.75, 3.05) is 23.4 Å². The van der Waals surface area contributed by atoms with E-state index in [1.807, 2.05) is 0 Å². The molecule has 0 spiro atoms. The normalized spacial score (nSPS) is 21.9. The number of nitrogens with zero attached hydrogens (tertiary/aromatic N) is 1. The number of imidazole rings is 1. The third kappa shape index (κ3) is 2.27. The van der Waals surface area contributed by atoms with Crippen molar-refractivity contribution in [1.82, 2.24) is 15.3 Å². The lowest BCUT2D eigenvalue weighted by Gasteiger charge is -2.21. The number of nitrogens with one attached hydrogen (secondary N) is 3. The van der Waals surface area contributed by atoms with Crippen LogP contribution in [0.5, 0.6) is 0 Å². The van der Waals surface area contributed by atoms with Gasteiger partial charge in [0.2, 0.25) is 11.9 Å². The SMILES string of the molecule is O=C(Nc1ncc[nH]1)C1CSCCN1. The van der Waals surface area contributed by atoms with E-state index in [-0.39, 0.29) is 11.9 Å². The number of aromatic nitrogens is 2. The number of carbonyl (C=O) groups excluding carboxylic acids is 1. The second kappa shape index (κ2) is 4.47. The molecule has 0 aromatic carbocycles. The summed E-state index contributed by atoms with van der Waals surface area (Å²) in [6.45, 7) is 0.890. The van der Waals surface area contributed by atoms with E-state index in [0.717, 1.165) is 18.1 Å². The first kappa shape index (κ1) is 9.54. The van der Waals surface area contributed by atoms with Crippen molar-refractivity contribution in [2.45, 2.75) is 6.04 Å². The van der Waals surface area contributed by atoms with Gasteiger partial charge in [-0.2, -0.15) is 11.8 Å². The molecule has 0 saturated carbocycles. The first-order valence-electron chi connectivity index (χ1n) is 4.47. The Bertz CT molecular complexity index is 294. The highest BCUT2D eigenvalue weighted by atomic mass is 32.2. The van der Waals surface area contributed by atoms with Gasteiger partial charge in [-0.3, -0.25) is 10.1 Å². The number of H-pyrrole nitrogens is 1. The number of amides is 1. The summed E-state index contributed by atoms with van der Waals surface area (Å²) in [7, 11) is 0. The Morgan fingerprint density at radius 3 is 3.29 bits per heavy atom. The zero-order valence-corrected chi connectivity index (χ0v) is 8.43. The van der Waals surface area contributed by atoms with Crippen molar-refractivity contribution >= 4 is 23.6 Å². The molecular formula is C8H12N4OS. The van der Waals surface area contributed by atoms with E-state index in [4.69, 9.17) is 0 Å². The first-order chi connectivity index (χ1) is 6.86. The monoisotopic (exact) mass is 212 g/mol. The molecule has 1 amide bonds. The van der Waals surface area contributed by atoms with Gasteiger partial charge in [-0.1, -0.05) is 0 Å².